The summed E-state index contributed by atoms with van der Waals surface area (Å²) in [7, 11) is 0. The van der Waals surface area contributed by atoms with E-state index in [0.717, 1.165) is 43.1 Å². The lowest BCUT2D eigenvalue weighted by atomic mass is 9.78. The predicted octanol–water partition coefficient (Wildman–Crippen LogP) is 2.85. The molecule has 0 atom stereocenters. The number of nitrogens with zero attached hydrogens (tertiary/aromatic N) is 1. The zero-order valence-electron chi connectivity index (χ0n) is 10.6. The lowest BCUT2D eigenvalue weighted by Crippen LogP contribution is -2.64. The van der Waals surface area contributed by atoms with E-state index in [1.54, 1.807) is 6.07 Å². The molecule has 2 fully saturated rings. The molecule has 2 aliphatic rings. The third-order valence-corrected chi connectivity index (χ3v) is 4.71. The van der Waals surface area contributed by atoms with Gasteiger partial charge in [-0.3, -0.25) is 9.69 Å². The highest BCUT2D eigenvalue weighted by atomic mass is 35.5. The Morgan fingerprint density at radius 2 is 1.95 bits per heavy atom. The molecule has 2 saturated heterocycles. The Morgan fingerprint density at radius 1 is 1.26 bits per heavy atom. The molecule has 0 unspecified atom stereocenters. The number of piperidine rings is 1. The highest BCUT2D eigenvalue weighted by molar-refractivity contribution is 6.35. The van der Waals surface area contributed by atoms with Crippen LogP contribution in [0.2, 0.25) is 10.0 Å². The van der Waals surface area contributed by atoms with E-state index in [4.69, 9.17) is 23.2 Å². The maximum Gasteiger partial charge on any atom is 0.222 e. The molecular weight excluding hydrogens is 283 g/mol. The molecule has 1 aromatic carbocycles. The van der Waals surface area contributed by atoms with Crippen LogP contribution in [0, 0.1) is 0 Å². The van der Waals surface area contributed by atoms with E-state index < -0.39 is 0 Å². The number of carbonyl (C=O) groups is 1. The van der Waals surface area contributed by atoms with Crippen molar-refractivity contribution < 1.29 is 4.79 Å². The molecule has 19 heavy (non-hydrogen) atoms. The van der Waals surface area contributed by atoms with Gasteiger partial charge in [0.1, 0.15) is 0 Å². The van der Waals surface area contributed by atoms with Crippen LogP contribution in [-0.4, -0.2) is 29.4 Å². The summed E-state index contributed by atoms with van der Waals surface area (Å²) in [6, 6.07) is 5.65. The third-order valence-electron chi connectivity index (χ3n) is 4.13. The molecule has 1 amide bonds. The molecule has 1 spiro atoms. The van der Waals surface area contributed by atoms with Crippen LogP contribution >= 0.6 is 23.2 Å². The number of halogens is 2. The van der Waals surface area contributed by atoms with Crippen molar-refractivity contribution >= 4 is 29.1 Å². The zero-order chi connectivity index (χ0) is 13.5. The van der Waals surface area contributed by atoms with Gasteiger partial charge in [-0.05, 0) is 30.5 Å². The Kier molecular flexibility index (Phi) is 3.46. The van der Waals surface area contributed by atoms with Crippen molar-refractivity contribution in [1.29, 1.82) is 0 Å². The summed E-state index contributed by atoms with van der Waals surface area (Å²) in [6.45, 7) is 2.85. The van der Waals surface area contributed by atoms with E-state index in [1.807, 2.05) is 12.1 Å². The smallest absolute Gasteiger partial charge is 0.222 e. The average Bonchev–Trinajstić information content (AvgIpc) is 2.34. The van der Waals surface area contributed by atoms with E-state index in [1.165, 1.54) is 0 Å². The van der Waals surface area contributed by atoms with Gasteiger partial charge in [0.2, 0.25) is 5.91 Å². The summed E-state index contributed by atoms with van der Waals surface area (Å²) < 4.78 is 0. The van der Waals surface area contributed by atoms with Gasteiger partial charge in [-0.15, -0.1) is 0 Å². The van der Waals surface area contributed by atoms with Gasteiger partial charge in [-0.2, -0.15) is 0 Å². The van der Waals surface area contributed by atoms with Gasteiger partial charge in [-0.25, -0.2) is 0 Å². The molecule has 0 radical (unpaired) electrons. The number of β-lactam (4-membered cyclic amide) rings is 1. The Bertz CT molecular complexity index is 500. The topological polar surface area (TPSA) is 32.3 Å². The molecule has 2 aliphatic heterocycles. The summed E-state index contributed by atoms with van der Waals surface area (Å²) in [4.78, 5) is 13.4. The minimum atomic E-state index is 0.0946. The number of hydrogen-bond donors (Lipinski definition) is 1. The van der Waals surface area contributed by atoms with Gasteiger partial charge in [-0.1, -0.05) is 29.3 Å². The Morgan fingerprint density at radius 3 is 2.53 bits per heavy atom. The van der Waals surface area contributed by atoms with E-state index in [0.29, 0.717) is 11.4 Å². The Labute approximate surface area is 122 Å². The second-order valence-corrected chi connectivity index (χ2v) is 6.36. The first-order valence-corrected chi connectivity index (χ1v) is 7.29. The molecular formula is C14H16Cl2N2O. The normalized spacial score (nSPS) is 22.1. The summed E-state index contributed by atoms with van der Waals surface area (Å²) >= 11 is 12.1. The monoisotopic (exact) mass is 298 g/mol. The summed E-state index contributed by atoms with van der Waals surface area (Å²) in [5.74, 6) is 0.189. The maximum absolute atomic E-state index is 11.1. The number of amides is 1. The fraction of sp³-hybridized carbons (Fsp3) is 0.500. The molecule has 0 saturated carbocycles. The number of carbonyl (C=O) groups excluding carboxylic acids is 1. The first-order chi connectivity index (χ1) is 9.06. The lowest BCUT2D eigenvalue weighted by molar-refractivity contribution is -0.134. The van der Waals surface area contributed by atoms with Crippen LogP contribution in [0.5, 0.6) is 0 Å². The predicted molar refractivity (Wildman–Crippen MR) is 76.5 cm³/mol. The molecule has 102 valence electrons. The van der Waals surface area contributed by atoms with Gasteiger partial charge in [0.15, 0.2) is 0 Å². The average molecular weight is 299 g/mol. The van der Waals surface area contributed by atoms with Crippen LogP contribution in [-0.2, 0) is 11.3 Å². The minimum absolute atomic E-state index is 0.0946. The van der Waals surface area contributed by atoms with E-state index in [2.05, 4.69) is 10.2 Å². The van der Waals surface area contributed by atoms with Crippen molar-refractivity contribution in [3.8, 4) is 0 Å². The minimum Gasteiger partial charge on any atom is -0.350 e. The van der Waals surface area contributed by atoms with Crippen LogP contribution in [0.25, 0.3) is 0 Å². The largest absolute Gasteiger partial charge is 0.350 e. The molecule has 3 nitrogen and oxygen atoms in total. The van der Waals surface area contributed by atoms with Crippen LogP contribution in [0.3, 0.4) is 0 Å². The molecule has 0 aliphatic carbocycles. The number of hydrogen-bond acceptors (Lipinski definition) is 2. The first kappa shape index (κ1) is 13.2. The fourth-order valence-corrected chi connectivity index (χ4v) is 3.38. The van der Waals surface area contributed by atoms with Crippen LogP contribution < -0.4 is 5.32 Å². The molecule has 2 heterocycles. The fourth-order valence-electron chi connectivity index (χ4n) is 2.92. The second-order valence-electron chi connectivity index (χ2n) is 5.52. The van der Waals surface area contributed by atoms with Gasteiger partial charge in [0, 0.05) is 36.1 Å². The molecule has 1 aromatic rings. The number of benzene rings is 1. The van der Waals surface area contributed by atoms with Gasteiger partial charge < -0.3 is 5.32 Å². The van der Waals surface area contributed by atoms with Crippen molar-refractivity contribution in [2.45, 2.75) is 31.3 Å². The van der Waals surface area contributed by atoms with Crippen LogP contribution in [0.15, 0.2) is 18.2 Å². The lowest BCUT2D eigenvalue weighted by Gasteiger charge is -2.48. The SMILES string of the molecule is O=C1CC2(CCN(Cc3ccc(Cl)cc3Cl)CC2)N1. The Balaban J connectivity index is 1.59. The highest BCUT2D eigenvalue weighted by Gasteiger charge is 2.44. The molecule has 5 heteroatoms. The number of rotatable bonds is 2. The summed E-state index contributed by atoms with van der Waals surface area (Å²) in [5.41, 5.74) is 1.21. The number of nitrogens with one attached hydrogen (secondary N) is 1. The van der Waals surface area contributed by atoms with Crippen LogP contribution in [0.1, 0.15) is 24.8 Å². The molecule has 0 aromatic heterocycles. The van der Waals surface area contributed by atoms with E-state index in [-0.39, 0.29) is 11.4 Å². The van der Waals surface area contributed by atoms with E-state index in [9.17, 15) is 4.79 Å². The Hall–Kier alpha value is -0.770. The molecule has 3 rings (SSSR count). The maximum atomic E-state index is 11.1. The van der Waals surface area contributed by atoms with E-state index >= 15 is 0 Å². The van der Waals surface area contributed by atoms with Crippen molar-refractivity contribution in [1.82, 2.24) is 10.2 Å². The summed E-state index contributed by atoms with van der Waals surface area (Å²) in [6.07, 6.45) is 2.76. The van der Waals surface area contributed by atoms with Gasteiger partial charge >= 0.3 is 0 Å². The van der Waals surface area contributed by atoms with Crippen molar-refractivity contribution in [3.63, 3.8) is 0 Å². The quantitative estimate of drug-likeness (QED) is 0.852. The van der Waals surface area contributed by atoms with Crippen molar-refractivity contribution in [2.75, 3.05) is 13.1 Å². The zero-order valence-corrected chi connectivity index (χ0v) is 12.1. The van der Waals surface area contributed by atoms with Crippen LogP contribution in [0.4, 0.5) is 0 Å². The third kappa shape index (κ3) is 2.73. The van der Waals surface area contributed by atoms with Crippen molar-refractivity contribution in [3.05, 3.63) is 33.8 Å². The number of likely N-dealkylation sites (tertiary alicyclic amines) is 1. The standard InChI is InChI=1S/C14H16Cl2N2O/c15-11-2-1-10(12(16)7-11)9-18-5-3-14(4-6-18)8-13(19)17-14/h1-2,7H,3-6,8-9H2,(H,17,19). The first-order valence-electron chi connectivity index (χ1n) is 6.54. The molecule has 1 N–H and O–H groups in total. The second kappa shape index (κ2) is 4.97. The summed E-state index contributed by atoms with van der Waals surface area (Å²) in [5, 5.41) is 4.45. The molecule has 0 bridgehead atoms. The van der Waals surface area contributed by atoms with Gasteiger partial charge in [0.05, 0.1) is 5.54 Å². The highest BCUT2D eigenvalue weighted by Crippen LogP contribution is 2.33. The van der Waals surface area contributed by atoms with Crippen molar-refractivity contribution in [2.24, 2.45) is 0 Å². The van der Waals surface area contributed by atoms with Gasteiger partial charge in [0.25, 0.3) is 0 Å².